The minimum atomic E-state index is -5.81. The van der Waals surface area contributed by atoms with Crippen molar-refractivity contribution in [3.8, 4) is 0 Å². The molecule has 5 unspecified atom stereocenters. The number of rotatable bonds is 24. The summed E-state index contributed by atoms with van der Waals surface area (Å²) >= 11 is 0. The van der Waals surface area contributed by atoms with Crippen molar-refractivity contribution in [3.63, 3.8) is 0 Å². The molecule has 0 aromatic rings. The molecule has 0 bridgehead atoms. The zero-order chi connectivity index (χ0) is 35.8. The van der Waals surface area contributed by atoms with Gasteiger partial charge in [0.1, 0.15) is 43.2 Å². The summed E-state index contributed by atoms with van der Waals surface area (Å²) in [6.07, 6.45) is -8.76. The van der Waals surface area contributed by atoms with Crippen molar-refractivity contribution in [1.29, 1.82) is 0 Å². The second-order valence-corrected chi connectivity index (χ2v) is 14.6. The molecule has 1 fully saturated rings. The second kappa shape index (κ2) is 25.9. The molecule has 17 N–H and O–H groups in total. The Morgan fingerprint density at radius 3 is 1.40 bits per heavy atom. The Bertz CT molecular complexity index is 1060. The lowest BCUT2D eigenvalue weighted by molar-refractivity contribution is -0.278. The average molecular weight is 798 g/mol. The maximum Gasteiger partial charge on any atom is 0.306 e. The highest BCUT2D eigenvalue weighted by Crippen LogP contribution is 2.47. The van der Waals surface area contributed by atoms with E-state index >= 15 is 0 Å². The van der Waals surface area contributed by atoms with Crippen molar-refractivity contribution in [2.45, 2.75) is 134 Å². The van der Waals surface area contributed by atoms with Gasteiger partial charge in [0, 0.05) is 12.8 Å². The maximum atomic E-state index is 12.7. The van der Waals surface area contributed by atoms with E-state index in [-0.39, 0.29) is 31.3 Å². The predicted molar refractivity (Wildman–Crippen MR) is 171 cm³/mol. The van der Waals surface area contributed by atoms with Crippen LogP contribution in [0.25, 0.3) is 0 Å². The molecule has 0 aliphatic heterocycles. The van der Waals surface area contributed by atoms with Crippen molar-refractivity contribution < 1.29 is 90.6 Å². The summed E-state index contributed by atoms with van der Waals surface area (Å²) in [7, 11) is -17.3. The Hall–Kier alpha value is -0.970. The van der Waals surface area contributed by atoms with Gasteiger partial charge in [0.25, 0.3) is 23.5 Å². The third-order valence-electron chi connectivity index (χ3n) is 6.90. The van der Waals surface area contributed by atoms with E-state index in [0.29, 0.717) is 12.8 Å². The van der Waals surface area contributed by atoms with E-state index in [4.69, 9.17) is 23.8 Å². The molecule has 22 nitrogen and oxygen atoms in total. The molecule has 302 valence electrons. The lowest BCUT2D eigenvalue weighted by Gasteiger charge is -2.47. The van der Waals surface area contributed by atoms with Gasteiger partial charge in [0.15, 0.2) is 6.10 Å². The predicted octanol–water partition coefficient (Wildman–Crippen LogP) is 0.949. The first-order valence-electron chi connectivity index (χ1n) is 15.3. The second-order valence-electron chi connectivity index (χ2n) is 11.0. The number of ether oxygens (including phenoxy) is 2. The van der Waals surface area contributed by atoms with E-state index in [0.717, 1.165) is 51.4 Å². The maximum absolute atomic E-state index is 12.7. The molecule has 50 heavy (non-hydrogen) atoms. The molecule has 0 amide bonds. The van der Waals surface area contributed by atoms with Crippen LogP contribution in [-0.4, -0.2) is 93.0 Å². The number of carbonyl (C=O) groups is 2. The molecular weight excluding hydrogens is 739 g/mol. The normalized spacial score (nSPS) is 26.0. The monoisotopic (exact) mass is 797 g/mol. The van der Waals surface area contributed by atoms with Crippen molar-refractivity contribution in [3.05, 3.63) is 0 Å². The number of aliphatic hydroxyl groups is 3. The van der Waals surface area contributed by atoms with Gasteiger partial charge >= 0.3 is 11.9 Å². The fourth-order valence-corrected chi connectivity index (χ4v) is 6.64. The van der Waals surface area contributed by atoms with Crippen LogP contribution in [0.3, 0.4) is 0 Å². The summed E-state index contributed by atoms with van der Waals surface area (Å²) in [5, 5.41) is 31.2. The summed E-state index contributed by atoms with van der Waals surface area (Å²) in [6.45, 7) is 2.42. The summed E-state index contributed by atoms with van der Waals surface area (Å²) in [5.74, 6) is -1.40. The van der Waals surface area contributed by atoms with E-state index < -0.39 is 91.3 Å². The molecular formula is C25H58N3O19P3. The van der Waals surface area contributed by atoms with Crippen molar-refractivity contribution >= 4 is 35.4 Å². The molecule has 1 aliphatic rings. The molecule has 10 atom stereocenters. The molecule has 25 heteroatoms. The van der Waals surface area contributed by atoms with Crippen LogP contribution in [0, 0.1) is 0 Å². The van der Waals surface area contributed by atoms with Crippen molar-refractivity contribution in [2.75, 3.05) is 13.2 Å². The van der Waals surface area contributed by atoms with Crippen LogP contribution in [0.4, 0.5) is 0 Å². The molecule has 0 radical (unpaired) electrons. The van der Waals surface area contributed by atoms with E-state index in [9.17, 15) is 53.3 Å². The number of hydrogen-bond donors (Lipinski definition) is 8. The number of unbranched alkanes of at least 4 members (excludes halogenated alkanes) is 8. The van der Waals surface area contributed by atoms with Gasteiger partial charge < -0.3 is 85.8 Å². The Morgan fingerprint density at radius 1 is 0.620 bits per heavy atom. The van der Waals surface area contributed by atoms with Crippen LogP contribution in [0.2, 0.25) is 0 Å². The SMILES string of the molecule is CCCCCCCC(=O)OC[C@H](COP(=O)([O-])OC1[C@H](O)[C@H](OP(=O)([O-])O)C(O)[C@H](OP(=O)([O-])O)[C@H]1O)OC(=O)CCCCCCC.[NH4+].[NH4+].[NH4+]. The molecule has 1 aliphatic carbocycles. The highest BCUT2D eigenvalue weighted by atomic mass is 31.2. The first-order valence-corrected chi connectivity index (χ1v) is 19.7. The number of esters is 2. The molecule has 0 heterocycles. The van der Waals surface area contributed by atoms with Gasteiger partial charge in [-0.2, -0.15) is 0 Å². The Labute approximate surface area is 291 Å². The lowest BCUT2D eigenvalue weighted by atomic mass is 9.85. The van der Waals surface area contributed by atoms with Gasteiger partial charge in [-0.15, -0.1) is 0 Å². The zero-order valence-corrected chi connectivity index (χ0v) is 31.9. The highest BCUT2D eigenvalue weighted by molar-refractivity contribution is 7.46. The quantitative estimate of drug-likeness (QED) is 0.0383. The van der Waals surface area contributed by atoms with Gasteiger partial charge in [0.05, 0.1) is 6.61 Å². The molecule has 1 saturated carbocycles. The number of phosphoric acid groups is 3. The molecule has 0 spiro atoms. The van der Waals surface area contributed by atoms with Gasteiger partial charge in [-0.05, 0) is 12.8 Å². The van der Waals surface area contributed by atoms with Crippen molar-refractivity contribution in [1.82, 2.24) is 18.5 Å². The first kappa shape index (κ1) is 53.4. The van der Waals surface area contributed by atoms with E-state index in [1.807, 2.05) is 13.8 Å². The highest BCUT2D eigenvalue weighted by Gasteiger charge is 2.54. The van der Waals surface area contributed by atoms with Crippen LogP contribution in [0.1, 0.15) is 90.9 Å². The molecule has 0 aromatic carbocycles. The number of quaternary nitrogens is 3. The van der Waals surface area contributed by atoms with Crippen LogP contribution in [0.5, 0.6) is 0 Å². The molecule has 0 aromatic heterocycles. The number of aliphatic hydroxyl groups excluding tert-OH is 3. The standard InChI is InChI=1S/C25H49O19P3.3H3N/c1-3-5-7-9-11-13-18(26)39-15-17(41-19(27)14-12-10-8-6-4-2)16-40-47(37,38)44-25-21(29)23(42-45(31,32)33)20(28)24(22(25)30)43-46(34,35)36;;;/h17,20-25,28-30H,3-16H2,1-2H3,(H,37,38)(H2,31,32,33)(H2,34,35,36);3*1H3/t17-,20?,21-,22-,23-,24+,25?;;;/m1.../s1. The van der Waals surface area contributed by atoms with Gasteiger partial charge in [-0.1, -0.05) is 65.2 Å². The average Bonchev–Trinajstić information content (AvgIpc) is 2.96. The fourth-order valence-electron chi connectivity index (χ4n) is 4.57. The van der Waals surface area contributed by atoms with E-state index in [1.54, 1.807) is 0 Å². The van der Waals surface area contributed by atoms with Gasteiger partial charge in [0.2, 0.25) is 0 Å². The summed E-state index contributed by atoms with van der Waals surface area (Å²) in [6, 6.07) is 0. The lowest BCUT2D eigenvalue weighted by Crippen LogP contribution is -2.65. The Kier molecular flexibility index (Phi) is 27.7. The van der Waals surface area contributed by atoms with Crippen molar-refractivity contribution in [2.24, 2.45) is 0 Å². The third-order valence-corrected chi connectivity index (χ3v) is 8.88. The van der Waals surface area contributed by atoms with Crippen LogP contribution in [-0.2, 0) is 50.9 Å². The number of hydrogen-bond acceptors (Lipinski definition) is 17. The minimum Gasteiger partial charge on any atom is -0.756 e. The summed E-state index contributed by atoms with van der Waals surface area (Å²) < 4.78 is 63.1. The number of carbonyl (C=O) groups excluding carboxylic acids is 2. The van der Waals surface area contributed by atoms with Gasteiger partial charge in [-0.3, -0.25) is 23.3 Å². The zero-order valence-electron chi connectivity index (χ0n) is 29.2. The summed E-state index contributed by atoms with van der Waals surface area (Å²) in [4.78, 5) is 77.9. The smallest absolute Gasteiger partial charge is 0.306 e. The Morgan fingerprint density at radius 2 is 1.00 bits per heavy atom. The fraction of sp³-hybridized carbons (Fsp3) is 0.920. The van der Waals surface area contributed by atoms with Crippen LogP contribution >= 0.6 is 23.5 Å². The van der Waals surface area contributed by atoms with Crippen LogP contribution in [0.15, 0.2) is 0 Å². The van der Waals surface area contributed by atoms with Crippen LogP contribution < -0.4 is 33.1 Å². The largest absolute Gasteiger partial charge is 0.756 e. The minimum absolute atomic E-state index is 0. The third kappa shape index (κ3) is 22.2. The first-order chi connectivity index (χ1) is 21.8. The van der Waals surface area contributed by atoms with E-state index in [2.05, 4.69) is 13.6 Å². The summed E-state index contributed by atoms with van der Waals surface area (Å²) in [5.41, 5.74) is 0. The van der Waals surface area contributed by atoms with Gasteiger partial charge in [-0.25, -0.2) is 0 Å². The Balaban J connectivity index is -0.00000736. The molecule has 0 saturated heterocycles. The van der Waals surface area contributed by atoms with E-state index in [1.165, 1.54) is 0 Å². The molecule has 1 rings (SSSR count). The topological polar surface area (TPSA) is 421 Å². The number of phosphoric ester groups is 3.